The van der Waals surface area contributed by atoms with Crippen LogP contribution >= 0.6 is 23.1 Å². The van der Waals surface area contributed by atoms with Gasteiger partial charge in [-0.15, -0.1) is 11.3 Å². The zero-order valence-electron chi connectivity index (χ0n) is 10.8. The molecule has 1 unspecified atom stereocenters. The number of hydrogen-bond donors (Lipinski definition) is 2. The Morgan fingerprint density at radius 1 is 1.61 bits per heavy atom. The van der Waals surface area contributed by atoms with Gasteiger partial charge in [0.25, 0.3) is 5.91 Å². The van der Waals surface area contributed by atoms with Gasteiger partial charge in [0.1, 0.15) is 0 Å². The highest BCUT2D eigenvalue weighted by Gasteiger charge is 2.21. The monoisotopic (exact) mass is 285 g/mol. The average Bonchev–Trinajstić information content (AvgIpc) is 2.80. The molecule has 1 aromatic rings. The number of nitrogens with one attached hydrogen (secondary N) is 1. The van der Waals surface area contributed by atoms with E-state index in [1.807, 2.05) is 24.8 Å². The highest BCUT2D eigenvalue weighted by Crippen LogP contribution is 2.31. The first-order valence-corrected chi connectivity index (χ1v) is 8.19. The second-order valence-corrected chi connectivity index (χ2v) is 7.14. The third-order valence-electron chi connectivity index (χ3n) is 3.24. The zero-order chi connectivity index (χ0) is 13.2. The smallest absolute Gasteiger partial charge is 0.261 e. The van der Waals surface area contributed by atoms with Crippen molar-refractivity contribution in [2.75, 3.05) is 12.3 Å². The number of thioether (sulfide) groups is 1. The Hall–Kier alpha value is -0.520. The summed E-state index contributed by atoms with van der Waals surface area (Å²) in [7, 11) is 0. The van der Waals surface area contributed by atoms with Crippen molar-refractivity contribution < 1.29 is 9.90 Å². The molecule has 0 spiro atoms. The number of rotatable bonds is 4. The molecule has 0 saturated heterocycles. The molecule has 1 aliphatic rings. The van der Waals surface area contributed by atoms with E-state index in [0.29, 0.717) is 13.0 Å². The first kappa shape index (κ1) is 13.9. The van der Waals surface area contributed by atoms with Crippen LogP contribution in [-0.2, 0) is 12.2 Å². The Balaban J connectivity index is 1.99. The molecule has 0 aliphatic carbocycles. The Morgan fingerprint density at radius 2 is 2.39 bits per heavy atom. The summed E-state index contributed by atoms with van der Waals surface area (Å²) in [6, 6.07) is 2.00. The SMILES string of the molecule is CCC(C)(O)CNC(=O)c1cc2c(s1)CCSC2. The number of fused-ring (bicyclic) bond motifs is 1. The van der Waals surface area contributed by atoms with E-state index < -0.39 is 5.60 Å². The molecule has 5 heteroatoms. The second kappa shape index (κ2) is 5.63. The van der Waals surface area contributed by atoms with E-state index in [9.17, 15) is 9.90 Å². The molecule has 0 bridgehead atoms. The van der Waals surface area contributed by atoms with Crippen LogP contribution < -0.4 is 5.32 Å². The van der Waals surface area contributed by atoms with E-state index in [2.05, 4.69) is 5.32 Å². The molecular formula is C13H19NO2S2. The van der Waals surface area contributed by atoms with Crippen LogP contribution in [0.1, 0.15) is 40.4 Å². The van der Waals surface area contributed by atoms with Crippen LogP contribution in [-0.4, -0.2) is 28.9 Å². The van der Waals surface area contributed by atoms with Gasteiger partial charge in [0.15, 0.2) is 0 Å². The van der Waals surface area contributed by atoms with Gasteiger partial charge in [-0.3, -0.25) is 4.79 Å². The summed E-state index contributed by atoms with van der Waals surface area (Å²) in [5.74, 6) is 2.11. The molecule has 100 valence electrons. The van der Waals surface area contributed by atoms with E-state index >= 15 is 0 Å². The lowest BCUT2D eigenvalue weighted by molar-refractivity contribution is 0.0519. The molecule has 0 radical (unpaired) electrons. The fourth-order valence-electron chi connectivity index (χ4n) is 1.74. The van der Waals surface area contributed by atoms with E-state index in [4.69, 9.17) is 0 Å². The quantitative estimate of drug-likeness (QED) is 0.893. The van der Waals surface area contributed by atoms with Crippen molar-refractivity contribution in [2.24, 2.45) is 0 Å². The minimum atomic E-state index is -0.817. The van der Waals surface area contributed by atoms with Gasteiger partial charge in [-0.1, -0.05) is 6.92 Å². The second-order valence-electron chi connectivity index (χ2n) is 4.89. The lowest BCUT2D eigenvalue weighted by atomic mass is 10.0. The normalized spacial score (nSPS) is 17.9. The molecule has 0 saturated carbocycles. The Kier molecular flexibility index (Phi) is 4.35. The molecule has 1 amide bonds. The lowest BCUT2D eigenvalue weighted by Gasteiger charge is -2.21. The van der Waals surface area contributed by atoms with Crippen molar-refractivity contribution in [2.45, 2.75) is 38.0 Å². The third kappa shape index (κ3) is 3.28. The maximum absolute atomic E-state index is 12.0. The van der Waals surface area contributed by atoms with Crippen LogP contribution in [0.15, 0.2) is 6.07 Å². The first-order chi connectivity index (χ1) is 8.52. The van der Waals surface area contributed by atoms with E-state index in [1.165, 1.54) is 10.4 Å². The first-order valence-electron chi connectivity index (χ1n) is 6.22. The number of aryl methyl sites for hydroxylation is 1. The van der Waals surface area contributed by atoms with Crippen molar-refractivity contribution in [3.8, 4) is 0 Å². The van der Waals surface area contributed by atoms with Gasteiger partial charge in [-0.25, -0.2) is 0 Å². The minimum Gasteiger partial charge on any atom is -0.388 e. The molecule has 1 aromatic heterocycles. The number of aliphatic hydroxyl groups is 1. The van der Waals surface area contributed by atoms with Gasteiger partial charge in [-0.05, 0) is 37.1 Å². The zero-order valence-corrected chi connectivity index (χ0v) is 12.4. The van der Waals surface area contributed by atoms with E-state index in [-0.39, 0.29) is 5.91 Å². The van der Waals surface area contributed by atoms with E-state index in [0.717, 1.165) is 22.8 Å². The maximum atomic E-state index is 12.0. The van der Waals surface area contributed by atoms with Crippen molar-refractivity contribution in [3.05, 3.63) is 21.4 Å². The molecule has 2 rings (SSSR count). The summed E-state index contributed by atoms with van der Waals surface area (Å²) >= 11 is 3.51. The molecule has 3 nitrogen and oxygen atoms in total. The predicted octanol–water partition coefficient (Wildman–Crippen LogP) is 2.43. The molecule has 1 atom stereocenters. The molecule has 18 heavy (non-hydrogen) atoms. The number of carbonyl (C=O) groups excluding carboxylic acids is 1. The van der Waals surface area contributed by atoms with Crippen LogP contribution in [0, 0.1) is 0 Å². The number of carbonyl (C=O) groups is 1. The van der Waals surface area contributed by atoms with E-state index in [1.54, 1.807) is 18.3 Å². The van der Waals surface area contributed by atoms with Crippen LogP contribution in [0.3, 0.4) is 0 Å². The summed E-state index contributed by atoms with van der Waals surface area (Å²) in [5, 5.41) is 12.7. The summed E-state index contributed by atoms with van der Waals surface area (Å²) in [6.07, 6.45) is 1.70. The number of amides is 1. The highest BCUT2D eigenvalue weighted by atomic mass is 32.2. The maximum Gasteiger partial charge on any atom is 0.261 e. The summed E-state index contributed by atoms with van der Waals surface area (Å²) in [5.41, 5.74) is 0.492. The van der Waals surface area contributed by atoms with Gasteiger partial charge in [0.05, 0.1) is 10.5 Å². The molecular weight excluding hydrogens is 266 g/mol. The molecule has 1 aliphatic heterocycles. The Morgan fingerprint density at radius 3 is 3.06 bits per heavy atom. The standard InChI is InChI=1S/C13H19NO2S2/c1-3-13(2,16)8-14-12(15)11-6-9-7-17-5-4-10(9)18-11/h6,16H,3-5,7-8H2,1-2H3,(H,14,15). The fraction of sp³-hybridized carbons (Fsp3) is 0.615. The largest absolute Gasteiger partial charge is 0.388 e. The fourth-order valence-corrected chi connectivity index (χ4v) is 4.03. The summed E-state index contributed by atoms with van der Waals surface area (Å²) < 4.78 is 0. The third-order valence-corrected chi connectivity index (χ3v) is 5.49. The summed E-state index contributed by atoms with van der Waals surface area (Å²) in [6.45, 7) is 3.95. The predicted molar refractivity (Wildman–Crippen MR) is 77.4 cm³/mol. The van der Waals surface area contributed by atoms with Crippen LogP contribution in [0.5, 0.6) is 0 Å². The average molecular weight is 285 g/mol. The lowest BCUT2D eigenvalue weighted by Crippen LogP contribution is -2.39. The van der Waals surface area contributed by atoms with Crippen molar-refractivity contribution in [3.63, 3.8) is 0 Å². The van der Waals surface area contributed by atoms with Gasteiger partial charge in [0, 0.05) is 17.2 Å². The van der Waals surface area contributed by atoms with Crippen molar-refractivity contribution in [1.29, 1.82) is 0 Å². The Bertz CT molecular complexity index is 417. The van der Waals surface area contributed by atoms with Crippen molar-refractivity contribution >= 4 is 29.0 Å². The van der Waals surface area contributed by atoms with Gasteiger partial charge in [0.2, 0.25) is 0 Å². The molecule has 0 aromatic carbocycles. The highest BCUT2D eigenvalue weighted by molar-refractivity contribution is 7.98. The van der Waals surface area contributed by atoms with Gasteiger partial charge < -0.3 is 10.4 Å². The molecule has 0 fully saturated rings. The minimum absolute atomic E-state index is 0.0619. The topological polar surface area (TPSA) is 49.3 Å². The Labute approximate surface area is 116 Å². The van der Waals surface area contributed by atoms with Crippen LogP contribution in [0.4, 0.5) is 0 Å². The molecule has 2 N–H and O–H groups in total. The van der Waals surface area contributed by atoms with Gasteiger partial charge >= 0.3 is 0 Å². The molecule has 2 heterocycles. The van der Waals surface area contributed by atoms with Gasteiger partial charge in [-0.2, -0.15) is 11.8 Å². The van der Waals surface area contributed by atoms with Crippen molar-refractivity contribution in [1.82, 2.24) is 5.32 Å². The summed E-state index contributed by atoms with van der Waals surface area (Å²) in [4.78, 5) is 14.1. The number of hydrogen-bond acceptors (Lipinski definition) is 4. The van der Waals surface area contributed by atoms with Crippen LogP contribution in [0.2, 0.25) is 0 Å². The van der Waals surface area contributed by atoms with Crippen LogP contribution in [0.25, 0.3) is 0 Å². The number of thiophene rings is 1.